The fourth-order valence-corrected chi connectivity index (χ4v) is 4.07. The minimum atomic E-state index is -0.307. The van der Waals surface area contributed by atoms with Crippen molar-refractivity contribution in [3.05, 3.63) is 78.6 Å². The number of hydrogen-bond acceptors (Lipinski definition) is 4. The lowest BCUT2D eigenvalue weighted by Crippen LogP contribution is -2.38. The highest BCUT2D eigenvalue weighted by atomic mass is 19.1. The molecule has 0 aliphatic heterocycles. The van der Waals surface area contributed by atoms with Gasteiger partial charge in [0.25, 0.3) is 0 Å². The van der Waals surface area contributed by atoms with Gasteiger partial charge in [-0.15, -0.1) is 0 Å². The molecule has 5 nitrogen and oxygen atoms in total. The third kappa shape index (κ3) is 9.96. The van der Waals surface area contributed by atoms with Crippen LogP contribution >= 0.6 is 0 Å². The van der Waals surface area contributed by atoms with E-state index in [2.05, 4.69) is 37.2 Å². The Hall–Kier alpha value is -3.25. The smallest absolute Gasteiger partial charge is 0.226 e. The highest BCUT2D eigenvalue weighted by Crippen LogP contribution is 2.25. The zero-order chi connectivity index (χ0) is 27.2. The van der Waals surface area contributed by atoms with Crippen LogP contribution in [-0.2, 0) is 4.79 Å². The molecule has 0 aliphatic rings. The molecule has 0 heterocycles. The molecule has 200 valence electrons. The largest absolute Gasteiger partial charge is 0.457 e. The van der Waals surface area contributed by atoms with Crippen molar-refractivity contribution in [1.29, 1.82) is 0 Å². The Labute approximate surface area is 222 Å². The second-order valence-electron chi connectivity index (χ2n) is 9.07. The molecule has 1 unspecified atom stereocenters. The van der Waals surface area contributed by atoms with E-state index >= 15 is 0 Å². The van der Waals surface area contributed by atoms with Gasteiger partial charge >= 0.3 is 0 Å². The molecular formula is C31H42FN3O2. The number of allylic oxidation sites excluding steroid dienone is 1. The average molecular weight is 508 g/mol. The molecular weight excluding hydrogens is 465 g/mol. The molecule has 1 amide bonds. The van der Waals surface area contributed by atoms with Crippen LogP contribution < -0.4 is 4.74 Å². The number of hydrogen-bond donors (Lipinski definition) is 0. The second kappa shape index (κ2) is 15.8. The van der Waals surface area contributed by atoms with Crippen molar-refractivity contribution >= 4 is 17.3 Å². The van der Waals surface area contributed by atoms with E-state index in [1.165, 1.54) is 12.1 Å². The highest BCUT2D eigenvalue weighted by Gasteiger charge is 2.16. The number of ether oxygens (including phenoxy) is 1. The quantitative estimate of drug-likeness (QED) is 0.237. The van der Waals surface area contributed by atoms with Crippen molar-refractivity contribution in [3.63, 3.8) is 0 Å². The van der Waals surface area contributed by atoms with E-state index in [1.54, 1.807) is 18.2 Å². The summed E-state index contributed by atoms with van der Waals surface area (Å²) in [5.41, 5.74) is 2.35. The standard InChI is InChI=1S/C31H42FN3O2/c1-7-22-34(9-3)25(6)21-23-35(10-4)31(36)20-19-30(33-24(5)8-2)26-11-15-28(16-12-26)37-29-17-13-27(32)14-18-29/h8,11-19,25H,2,7,9-10,20-23H2,1,3-6H3/b30-19-,33-24?. The van der Waals surface area contributed by atoms with Crippen LogP contribution in [0.4, 0.5) is 4.39 Å². The van der Waals surface area contributed by atoms with Crippen molar-refractivity contribution in [2.75, 3.05) is 26.2 Å². The van der Waals surface area contributed by atoms with Crippen molar-refractivity contribution in [2.45, 2.75) is 59.9 Å². The molecule has 0 N–H and O–H groups in total. The number of carbonyl (C=O) groups excluding carboxylic acids is 1. The Balaban J connectivity index is 2.11. The van der Waals surface area contributed by atoms with Gasteiger partial charge in [0.1, 0.15) is 17.3 Å². The minimum absolute atomic E-state index is 0.0912. The minimum Gasteiger partial charge on any atom is -0.457 e. The van der Waals surface area contributed by atoms with Crippen LogP contribution in [0.25, 0.3) is 5.70 Å². The van der Waals surface area contributed by atoms with Crippen molar-refractivity contribution in [2.24, 2.45) is 4.99 Å². The van der Waals surface area contributed by atoms with E-state index in [0.717, 1.165) is 43.8 Å². The lowest BCUT2D eigenvalue weighted by molar-refractivity contribution is -0.130. The zero-order valence-electron chi connectivity index (χ0n) is 23.0. The molecule has 0 fully saturated rings. The highest BCUT2D eigenvalue weighted by molar-refractivity contribution is 5.96. The van der Waals surface area contributed by atoms with Crippen LogP contribution in [0.2, 0.25) is 0 Å². The summed E-state index contributed by atoms with van der Waals surface area (Å²) in [5, 5.41) is 0. The normalized spacial score (nSPS) is 12.9. The van der Waals surface area contributed by atoms with Gasteiger partial charge in [-0.1, -0.05) is 20.4 Å². The Bertz CT molecular complexity index is 1050. The number of amides is 1. The van der Waals surface area contributed by atoms with Gasteiger partial charge in [0.2, 0.25) is 5.91 Å². The summed E-state index contributed by atoms with van der Waals surface area (Å²) >= 11 is 0. The Morgan fingerprint density at radius 1 is 1.03 bits per heavy atom. The maximum atomic E-state index is 13.1. The van der Waals surface area contributed by atoms with Crippen molar-refractivity contribution in [3.8, 4) is 11.5 Å². The molecule has 0 spiro atoms. The number of rotatable bonds is 15. The Morgan fingerprint density at radius 3 is 2.19 bits per heavy atom. The van der Waals surface area contributed by atoms with E-state index in [4.69, 9.17) is 4.74 Å². The van der Waals surface area contributed by atoms with Gasteiger partial charge in [-0.25, -0.2) is 4.39 Å². The van der Waals surface area contributed by atoms with Crippen LogP contribution in [0.5, 0.6) is 11.5 Å². The van der Waals surface area contributed by atoms with Crippen LogP contribution in [0.1, 0.15) is 59.4 Å². The van der Waals surface area contributed by atoms with E-state index in [-0.39, 0.29) is 18.1 Å². The second-order valence-corrected chi connectivity index (χ2v) is 9.07. The third-order valence-electron chi connectivity index (χ3n) is 6.35. The van der Waals surface area contributed by atoms with Gasteiger partial charge in [-0.05, 0) is 107 Å². The van der Waals surface area contributed by atoms with Gasteiger partial charge < -0.3 is 14.5 Å². The summed E-state index contributed by atoms with van der Waals surface area (Å²) in [7, 11) is 0. The van der Waals surface area contributed by atoms with Crippen molar-refractivity contribution < 1.29 is 13.9 Å². The zero-order valence-corrected chi connectivity index (χ0v) is 23.0. The Morgan fingerprint density at radius 2 is 1.65 bits per heavy atom. The topological polar surface area (TPSA) is 45.1 Å². The molecule has 2 aromatic carbocycles. The molecule has 0 aromatic heterocycles. The molecule has 0 saturated carbocycles. The van der Waals surface area contributed by atoms with E-state index in [0.29, 0.717) is 29.8 Å². The van der Waals surface area contributed by atoms with Crippen LogP contribution in [0.15, 0.2) is 72.3 Å². The van der Waals surface area contributed by atoms with Crippen LogP contribution in [0.3, 0.4) is 0 Å². The number of carbonyl (C=O) groups is 1. The first-order valence-electron chi connectivity index (χ1n) is 13.2. The molecule has 2 aromatic rings. The Kier molecular flexibility index (Phi) is 12.8. The van der Waals surface area contributed by atoms with E-state index < -0.39 is 0 Å². The summed E-state index contributed by atoms with van der Waals surface area (Å²) in [4.78, 5) is 22.1. The lowest BCUT2D eigenvalue weighted by atomic mass is 10.1. The van der Waals surface area contributed by atoms with Gasteiger partial charge in [0.15, 0.2) is 0 Å². The fourth-order valence-electron chi connectivity index (χ4n) is 4.07. The fraction of sp³-hybridized carbons (Fsp3) is 0.419. The number of halogens is 1. The number of benzene rings is 2. The molecule has 6 heteroatoms. The average Bonchev–Trinajstić information content (AvgIpc) is 2.91. The monoisotopic (exact) mass is 507 g/mol. The van der Waals surface area contributed by atoms with E-state index in [9.17, 15) is 9.18 Å². The summed E-state index contributed by atoms with van der Waals surface area (Å²) in [6.07, 6.45) is 5.93. The molecule has 0 bridgehead atoms. The van der Waals surface area contributed by atoms with Crippen LogP contribution in [-0.4, -0.2) is 53.6 Å². The van der Waals surface area contributed by atoms with Gasteiger partial charge in [0, 0.05) is 36.8 Å². The molecule has 1 atom stereocenters. The molecule has 37 heavy (non-hydrogen) atoms. The van der Waals surface area contributed by atoms with Gasteiger partial charge in [0.05, 0.1) is 5.70 Å². The van der Waals surface area contributed by atoms with Gasteiger partial charge in [-0.3, -0.25) is 9.79 Å². The first-order valence-corrected chi connectivity index (χ1v) is 13.2. The predicted octanol–water partition coefficient (Wildman–Crippen LogP) is 7.35. The summed E-state index contributed by atoms with van der Waals surface area (Å²) < 4.78 is 18.9. The van der Waals surface area contributed by atoms with Gasteiger partial charge in [-0.2, -0.15) is 0 Å². The SMILES string of the molecule is C=CC(C)=N/C(=C\CC(=O)N(CC)CCC(C)N(CC)CCC)c1ccc(Oc2ccc(F)cc2)cc1. The first kappa shape index (κ1) is 30.0. The molecule has 0 radical (unpaired) electrons. The predicted molar refractivity (Wildman–Crippen MR) is 153 cm³/mol. The maximum absolute atomic E-state index is 13.1. The summed E-state index contributed by atoms with van der Waals surface area (Å²) in [5.74, 6) is 0.971. The van der Waals surface area contributed by atoms with Crippen LogP contribution in [0, 0.1) is 5.82 Å². The number of aliphatic imine (C=N–C) groups is 1. The molecule has 2 rings (SSSR count). The number of nitrogens with zero attached hydrogens (tertiary/aromatic N) is 3. The summed E-state index contributed by atoms with van der Waals surface area (Å²) in [6, 6.07) is 13.8. The molecule has 0 saturated heterocycles. The summed E-state index contributed by atoms with van der Waals surface area (Å²) in [6.45, 7) is 17.9. The third-order valence-corrected chi connectivity index (χ3v) is 6.35. The maximum Gasteiger partial charge on any atom is 0.226 e. The van der Waals surface area contributed by atoms with Crippen molar-refractivity contribution in [1.82, 2.24) is 9.80 Å². The first-order chi connectivity index (χ1) is 17.8. The van der Waals surface area contributed by atoms with E-state index in [1.807, 2.05) is 49.1 Å². The lowest BCUT2D eigenvalue weighted by Gasteiger charge is -2.30. The molecule has 0 aliphatic carbocycles.